The van der Waals surface area contributed by atoms with Crippen LogP contribution in [-0.4, -0.2) is 26.2 Å². The van der Waals surface area contributed by atoms with Crippen LogP contribution in [0.4, 0.5) is 15.5 Å². The first kappa shape index (κ1) is 10.7. The Morgan fingerprint density at radius 2 is 2.28 bits per heavy atom. The van der Waals surface area contributed by atoms with Gasteiger partial charge < -0.3 is 10.1 Å². The molecule has 3 aromatic heterocycles. The van der Waals surface area contributed by atoms with E-state index in [0.29, 0.717) is 21.9 Å². The van der Waals surface area contributed by atoms with Gasteiger partial charge in [-0.05, 0) is 23.6 Å². The van der Waals surface area contributed by atoms with Crippen LogP contribution < -0.4 is 4.90 Å². The average molecular weight is 260 g/mol. The zero-order chi connectivity index (χ0) is 12.5. The number of nitrogens with one attached hydrogen (secondary N) is 1. The predicted molar refractivity (Wildman–Crippen MR) is 68.4 cm³/mol. The lowest BCUT2D eigenvalue weighted by atomic mass is 10.3. The molecule has 0 fully saturated rings. The largest absolute Gasteiger partial charge is 0.464 e. The standard InChI is InChI=1S/C11H8N4O2S/c16-11(17)15(8-2-1-5-18-8)7-3-4-12-10-9(7)13-6-14-10/h1-6H,(H,16,17)(H,12,13,14). The van der Waals surface area contributed by atoms with Crippen LogP contribution in [-0.2, 0) is 0 Å². The van der Waals surface area contributed by atoms with E-state index in [-0.39, 0.29) is 0 Å². The van der Waals surface area contributed by atoms with E-state index in [1.165, 1.54) is 22.6 Å². The fraction of sp³-hybridized carbons (Fsp3) is 0. The fourth-order valence-electron chi connectivity index (χ4n) is 1.73. The van der Waals surface area contributed by atoms with E-state index in [1.54, 1.807) is 24.4 Å². The van der Waals surface area contributed by atoms with E-state index < -0.39 is 6.09 Å². The summed E-state index contributed by atoms with van der Waals surface area (Å²) in [7, 11) is 0. The number of amides is 1. The van der Waals surface area contributed by atoms with Crippen LogP contribution >= 0.6 is 11.3 Å². The number of hydrogen-bond donors (Lipinski definition) is 2. The Labute approximate surface area is 106 Å². The number of carboxylic acid groups (broad SMARTS) is 1. The van der Waals surface area contributed by atoms with Crippen molar-refractivity contribution in [3.05, 3.63) is 36.1 Å². The average Bonchev–Trinajstić information content (AvgIpc) is 2.98. The monoisotopic (exact) mass is 260 g/mol. The second kappa shape index (κ2) is 4.11. The Bertz CT molecular complexity index is 692. The highest BCUT2D eigenvalue weighted by Gasteiger charge is 2.21. The van der Waals surface area contributed by atoms with Gasteiger partial charge in [-0.2, -0.15) is 0 Å². The molecule has 3 rings (SSSR count). The maximum absolute atomic E-state index is 11.4. The number of nitrogens with zero attached hydrogens (tertiary/aromatic N) is 3. The topological polar surface area (TPSA) is 82.1 Å². The third-order valence-corrected chi connectivity index (χ3v) is 3.31. The highest BCUT2D eigenvalue weighted by atomic mass is 32.1. The maximum Gasteiger partial charge on any atom is 0.417 e. The molecule has 2 N–H and O–H groups in total. The van der Waals surface area contributed by atoms with Crippen molar-refractivity contribution in [2.45, 2.75) is 0 Å². The zero-order valence-corrected chi connectivity index (χ0v) is 9.89. The summed E-state index contributed by atoms with van der Waals surface area (Å²) in [6.07, 6.45) is 2.00. The minimum Gasteiger partial charge on any atom is -0.464 e. The quantitative estimate of drug-likeness (QED) is 0.742. The lowest BCUT2D eigenvalue weighted by Crippen LogP contribution is -2.23. The number of H-pyrrole nitrogens is 1. The molecule has 18 heavy (non-hydrogen) atoms. The number of aromatic nitrogens is 3. The smallest absolute Gasteiger partial charge is 0.417 e. The number of thiophene rings is 1. The van der Waals surface area contributed by atoms with Gasteiger partial charge in [0, 0.05) is 6.20 Å². The van der Waals surface area contributed by atoms with Crippen molar-refractivity contribution in [1.82, 2.24) is 15.0 Å². The van der Waals surface area contributed by atoms with Gasteiger partial charge in [0.05, 0.1) is 12.0 Å². The summed E-state index contributed by atoms with van der Waals surface area (Å²) in [6.45, 7) is 0. The molecule has 0 bridgehead atoms. The van der Waals surface area contributed by atoms with Crippen molar-refractivity contribution < 1.29 is 9.90 Å². The second-order valence-electron chi connectivity index (χ2n) is 3.50. The second-order valence-corrected chi connectivity index (χ2v) is 4.43. The molecule has 3 aromatic rings. The summed E-state index contributed by atoms with van der Waals surface area (Å²) in [5.41, 5.74) is 1.60. The Kier molecular flexibility index (Phi) is 2.45. The SMILES string of the molecule is O=C(O)N(c1cccs1)c1ccnc2[nH]cnc12. The minimum absolute atomic E-state index is 0.496. The van der Waals surface area contributed by atoms with Crippen molar-refractivity contribution in [2.24, 2.45) is 0 Å². The Balaban J connectivity index is 2.22. The van der Waals surface area contributed by atoms with Gasteiger partial charge in [-0.3, -0.25) is 0 Å². The molecule has 6 nitrogen and oxygen atoms in total. The Morgan fingerprint density at radius 1 is 1.39 bits per heavy atom. The molecule has 3 heterocycles. The molecule has 0 saturated heterocycles. The van der Waals surface area contributed by atoms with Gasteiger partial charge in [0.1, 0.15) is 10.5 Å². The summed E-state index contributed by atoms with van der Waals surface area (Å²) >= 11 is 1.35. The molecule has 0 atom stereocenters. The van der Waals surface area contributed by atoms with Crippen LogP contribution in [0.2, 0.25) is 0 Å². The van der Waals surface area contributed by atoms with Crippen LogP contribution in [0.5, 0.6) is 0 Å². The molecule has 0 aliphatic rings. The molecule has 0 unspecified atom stereocenters. The third-order valence-electron chi connectivity index (χ3n) is 2.46. The number of anilines is 2. The number of fused-ring (bicyclic) bond motifs is 1. The molecule has 0 aliphatic carbocycles. The summed E-state index contributed by atoms with van der Waals surface area (Å²) in [6, 6.07) is 5.19. The summed E-state index contributed by atoms with van der Waals surface area (Å²) in [4.78, 5) is 23.7. The number of carbonyl (C=O) groups is 1. The van der Waals surface area contributed by atoms with E-state index in [1.807, 2.05) is 5.38 Å². The lowest BCUT2D eigenvalue weighted by Gasteiger charge is -2.17. The molecule has 0 radical (unpaired) electrons. The van der Waals surface area contributed by atoms with Gasteiger partial charge >= 0.3 is 6.09 Å². The molecule has 1 amide bonds. The van der Waals surface area contributed by atoms with Gasteiger partial charge in [-0.1, -0.05) is 0 Å². The van der Waals surface area contributed by atoms with Gasteiger partial charge in [0.25, 0.3) is 0 Å². The van der Waals surface area contributed by atoms with Gasteiger partial charge in [0.2, 0.25) is 0 Å². The van der Waals surface area contributed by atoms with Crippen LogP contribution in [0.3, 0.4) is 0 Å². The van der Waals surface area contributed by atoms with Gasteiger partial charge in [-0.15, -0.1) is 11.3 Å². The van der Waals surface area contributed by atoms with Gasteiger partial charge in [-0.25, -0.2) is 19.7 Å². The highest BCUT2D eigenvalue weighted by molar-refractivity contribution is 7.14. The summed E-state index contributed by atoms with van der Waals surface area (Å²) < 4.78 is 0. The van der Waals surface area contributed by atoms with Crippen molar-refractivity contribution in [3.63, 3.8) is 0 Å². The van der Waals surface area contributed by atoms with Crippen LogP contribution in [0, 0.1) is 0 Å². The fourth-order valence-corrected chi connectivity index (χ4v) is 2.46. The summed E-state index contributed by atoms with van der Waals surface area (Å²) in [5.74, 6) is 0. The first-order valence-corrected chi connectivity index (χ1v) is 6.00. The summed E-state index contributed by atoms with van der Waals surface area (Å²) in [5, 5.41) is 11.8. The van der Waals surface area contributed by atoms with E-state index >= 15 is 0 Å². The molecule has 90 valence electrons. The molecule has 0 saturated carbocycles. The zero-order valence-electron chi connectivity index (χ0n) is 9.07. The van der Waals surface area contributed by atoms with Crippen molar-refractivity contribution in [1.29, 1.82) is 0 Å². The van der Waals surface area contributed by atoms with E-state index in [2.05, 4.69) is 15.0 Å². The predicted octanol–water partition coefficient (Wildman–Crippen LogP) is 2.84. The van der Waals surface area contributed by atoms with Crippen LogP contribution in [0.25, 0.3) is 11.2 Å². The number of imidazole rings is 1. The highest BCUT2D eigenvalue weighted by Crippen LogP contribution is 2.32. The van der Waals surface area contributed by atoms with Crippen molar-refractivity contribution >= 4 is 39.3 Å². The normalized spacial score (nSPS) is 10.7. The van der Waals surface area contributed by atoms with E-state index in [9.17, 15) is 9.90 Å². The van der Waals surface area contributed by atoms with E-state index in [0.717, 1.165) is 0 Å². The third kappa shape index (κ3) is 1.61. The van der Waals surface area contributed by atoms with Crippen LogP contribution in [0.15, 0.2) is 36.1 Å². The molecule has 0 spiro atoms. The van der Waals surface area contributed by atoms with Crippen molar-refractivity contribution in [3.8, 4) is 0 Å². The molecular formula is C11H8N4O2S. The molecule has 0 aromatic carbocycles. The lowest BCUT2D eigenvalue weighted by molar-refractivity contribution is 0.205. The number of aromatic amines is 1. The Hall–Kier alpha value is -2.41. The first-order valence-electron chi connectivity index (χ1n) is 5.12. The number of pyridine rings is 1. The molecule has 7 heteroatoms. The molecule has 0 aliphatic heterocycles. The van der Waals surface area contributed by atoms with Gasteiger partial charge in [0.15, 0.2) is 5.65 Å². The van der Waals surface area contributed by atoms with Crippen LogP contribution in [0.1, 0.15) is 0 Å². The van der Waals surface area contributed by atoms with Crippen molar-refractivity contribution in [2.75, 3.05) is 4.90 Å². The van der Waals surface area contributed by atoms with E-state index in [4.69, 9.17) is 0 Å². The minimum atomic E-state index is -1.05. The Morgan fingerprint density at radius 3 is 3.00 bits per heavy atom. The number of rotatable bonds is 2. The maximum atomic E-state index is 11.4. The number of hydrogen-bond acceptors (Lipinski definition) is 4. The first-order chi connectivity index (χ1) is 8.77. The molecular weight excluding hydrogens is 252 g/mol.